The Morgan fingerprint density at radius 1 is 1.52 bits per heavy atom. The number of phenols is 1. The van der Waals surface area contributed by atoms with E-state index in [0.717, 1.165) is 0 Å². The molecule has 0 bridgehead atoms. The molecule has 2 aromatic rings. The van der Waals surface area contributed by atoms with Crippen LogP contribution in [0, 0.1) is 5.82 Å². The lowest BCUT2D eigenvalue weighted by Crippen LogP contribution is -2.35. The van der Waals surface area contributed by atoms with Crippen LogP contribution in [0.1, 0.15) is 16.8 Å². The van der Waals surface area contributed by atoms with Crippen LogP contribution in [0.25, 0.3) is 0 Å². The number of rotatable bonds is 3. The monoisotopic (exact) mass is 320 g/mol. The van der Waals surface area contributed by atoms with E-state index in [1.54, 1.807) is 6.07 Å². The van der Waals surface area contributed by atoms with E-state index in [9.17, 15) is 14.3 Å². The zero-order valence-electron chi connectivity index (χ0n) is 12.6. The second kappa shape index (κ2) is 5.88. The number of nitrogens with zero attached hydrogens (tertiary/aromatic N) is 2. The number of halogens is 1. The van der Waals surface area contributed by atoms with E-state index in [-0.39, 0.29) is 17.3 Å². The number of hydrogen-bond acceptors (Lipinski definition) is 6. The minimum Gasteiger partial charge on any atom is -0.502 e. The number of nitrogens with one attached hydrogen (secondary N) is 1. The van der Waals surface area contributed by atoms with Crippen LogP contribution in [0.4, 0.5) is 10.3 Å². The van der Waals surface area contributed by atoms with Crippen LogP contribution < -0.4 is 16.0 Å². The maximum atomic E-state index is 13.7. The molecule has 3 rings (SSSR count). The Labute approximate surface area is 131 Å². The van der Waals surface area contributed by atoms with Crippen molar-refractivity contribution in [2.75, 3.05) is 19.4 Å². The van der Waals surface area contributed by atoms with Gasteiger partial charge in [0.05, 0.1) is 18.4 Å². The average molecular weight is 320 g/mol. The Hall–Kier alpha value is -2.61. The number of phenolic OH excluding ortho intramolecular Hbond substituents is 1. The lowest BCUT2D eigenvalue weighted by atomic mass is 10.1. The summed E-state index contributed by atoms with van der Waals surface area (Å²) in [6, 6.07) is 2.85. The molecular formula is C15H17FN4O3. The van der Waals surface area contributed by atoms with Crippen molar-refractivity contribution in [1.82, 2.24) is 14.9 Å². The highest BCUT2D eigenvalue weighted by atomic mass is 19.1. The second-order valence-corrected chi connectivity index (χ2v) is 5.47. The molecular weight excluding hydrogens is 303 g/mol. The maximum Gasteiger partial charge on any atom is 0.257 e. The number of H-pyrrole nitrogens is 1. The molecule has 1 aliphatic heterocycles. The molecule has 23 heavy (non-hydrogen) atoms. The zero-order valence-corrected chi connectivity index (χ0v) is 12.6. The van der Waals surface area contributed by atoms with Gasteiger partial charge in [0.1, 0.15) is 0 Å². The SMILES string of the molecule is COc1cc(CN2CCc3nc(N)[nH]c(=O)c3C2)cc(F)c1O. The molecule has 2 heterocycles. The molecule has 0 amide bonds. The number of anilines is 1. The van der Waals surface area contributed by atoms with Crippen LogP contribution in [0.15, 0.2) is 16.9 Å². The molecule has 0 aliphatic carbocycles. The number of ether oxygens (including phenoxy) is 1. The molecule has 1 aromatic carbocycles. The van der Waals surface area contributed by atoms with Gasteiger partial charge >= 0.3 is 0 Å². The molecule has 7 nitrogen and oxygen atoms in total. The maximum absolute atomic E-state index is 13.7. The van der Waals surface area contributed by atoms with Gasteiger partial charge in [-0.25, -0.2) is 9.37 Å². The Balaban J connectivity index is 1.83. The number of aromatic nitrogens is 2. The summed E-state index contributed by atoms with van der Waals surface area (Å²) in [6.45, 7) is 1.51. The quantitative estimate of drug-likeness (QED) is 0.771. The van der Waals surface area contributed by atoms with E-state index in [1.165, 1.54) is 13.2 Å². The van der Waals surface area contributed by atoms with Crippen molar-refractivity contribution in [2.45, 2.75) is 19.5 Å². The first kappa shape index (κ1) is 15.3. The van der Waals surface area contributed by atoms with E-state index >= 15 is 0 Å². The summed E-state index contributed by atoms with van der Waals surface area (Å²) in [5, 5.41) is 9.54. The first-order valence-corrected chi connectivity index (χ1v) is 7.13. The molecule has 0 fully saturated rings. The van der Waals surface area contributed by atoms with Crippen LogP contribution in [0.3, 0.4) is 0 Å². The second-order valence-electron chi connectivity index (χ2n) is 5.47. The zero-order chi connectivity index (χ0) is 16.6. The lowest BCUT2D eigenvalue weighted by molar-refractivity contribution is 0.241. The van der Waals surface area contributed by atoms with Crippen molar-refractivity contribution in [3.63, 3.8) is 0 Å². The number of aromatic hydroxyl groups is 1. The summed E-state index contributed by atoms with van der Waals surface area (Å²) in [6.07, 6.45) is 0.598. The van der Waals surface area contributed by atoms with E-state index in [0.29, 0.717) is 42.9 Å². The van der Waals surface area contributed by atoms with Gasteiger partial charge in [0, 0.05) is 26.1 Å². The van der Waals surface area contributed by atoms with E-state index in [1.807, 2.05) is 4.90 Å². The van der Waals surface area contributed by atoms with E-state index in [4.69, 9.17) is 10.5 Å². The molecule has 8 heteroatoms. The molecule has 0 saturated carbocycles. The van der Waals surface area contributed by atoms with Gasteiger partial charge in [-0.05, 0) is 17.7 Å². The predicted molar refractivity (Wildman–Crippen MR) is 81.7 cm³/mol. The van der Waals surface area contributed by atoms with Crippen molar-refractivity contribution in [1.29, 1.82) is 0 Å². The van der Waals surface area contributed by atoms with Gasteiger partial charge in [-0.3, -0.25) is 14.7 Å². The van der Waals surface area contributed by atoms with Gasteiger partial charge in [-0.2, -0.15) is 0 Å². The Bertz CT molecular complexity index is 806. The minimum absolute atomic E-state index is 0.0877. The summed E-state index contributed by atoms with van der Waals surface area (Å²) in [4.78, 5) is 20.6. The third kappa shape index (κ3) is 2.98. The smallest absolute Gasteiger partial charge is 0.257 e. The first-order chi connectivity index (χ1) is 11.0. The van der Waals surface area contributed by atoms with Crippen molar-refractivity contribution < 1.29 is 14.2 Å². The molecule has 0 saturated heterocycles. The highest BCUT2D eigenvalue weighted by molar-refractivity contribution is 5.43. The number of hydrogen-bond donors (Lipinski definition) is 3. The van der Waals surface area contributed by atoms with Crippen molar-refractivity contribution in [3.05, 3.63) is 45.1 Å². The average Bonchev–Trinajstić information content (AvgIpc) is 2.51. The minimum atomic E-state index is -0.732. The van der Waals surface area contributed by atoms with Gasteiger partial charge < -0.3 is 15.6 Å². The van der Waals surface area contributed by atoms with Gasteiger partial charge in [0.15, 0.2) is 17.3 Å². The largest absolute Gasteiger partial charge is 0.502 e. The number of nitrogens with two attached hydrogens (primary N) is 1. The third-order valence-corrected chi connectivity index (χ3v) is 3.88. The number of methoxy groups -OCH3 is 1. The number of benzene rings is 1. The molecule has 1 aliphatic rings. The normalized spacial score (nSPS) is 14.5. The summed E-state index contributed by atoms with van der Waals surface area (Å²) in [5.74, 6) is -1.03. The summed E-state index contributed by atoms with van der Waals surface area (Å²) >= 11 is 0. The number of aromatic amines is 1. The molecule has 0 radical (unpaired) electrons. The number of fused-ring (bicyclic) bond motifs is 1. The molecule has 4 N–H and O–H groups in total. The summed E-state index contributed by atoms with van der Waals surface area (Å²) < 4.78 is 18.7. The molecule has 0 spiro atoms. The Morgan fingerprint density at radius 3 is 3.04 bits per heavy atom. The molecule has 122 valence electrons. The van der Waals surface area contributed by atoms with Crippen LogP contribution in [0.2, 0.25) is 0 Å². The molecule has 1 aromatic heterocycles. The fourth-order valence-corrected chi connectivity index (χ4v) is 2.77. The first-order valence-electron chi connectivity index (χ1n) is 7.13. The lowest BCUT2D eigenvalue weighted by Gasteiger charge is -2.27. The van der Waals surface area contributed by atoms with Crippen molar-refractivity contribution in [2.24, 2.45) is 0 Å². The van der Waals surface area contributed by atoms with Gasteiger partial charge in [-0.15, -0.1) is 0 Å². The molecule has 0 atom stereocenters. The summed E-state index contributed by atoms with van der Waals surface area (Å²) in [7, 11) is 1.37. The van der Waals surface area contributed by atoms with Gasteiger partial charge in [0.2, 0.25) is 5.95 Å². The van der Waals surface area contributed by atoms with E-state index in [2.05, 4.69) is 9.97 Å². The standard InChI is InChI=1S/C15H17FN4O3/c1-23-12-5-8(4-10(16)13(12)21)6-20-3-2-11-9(7-20)14(22)19-15(17)18-11/h4-5,21H,2-3,6-7H2,1H3,(H3,17,18,19,22). The van der Waals surface area contributed by atoms with Crippen LogP contribution >= 0.6 is 0 Å². The molecule has 0 unspecified atom stereocenters. The Kier molecular flexibility index (Phi) is 3.91. The number of nitrogen functional groups attached to an aromatic ring is 1. The van der Waals surface area contributed by atoms with Crippen molar-refractivity contribution in [3.8, 4) is 11.5 Å². The summed E-state index contributed by atoms with van der Waals surface area (Å²) in [5.41, 5.74) is 7.24. The van der Waals surface area contributed by atoms with Crippen LogP contribution in [0.5, 0.6) is 11.5 Å². The van der Waals surface area contributed by atoms with Crippen LogP contribution in [-0.4, -0.2) is 33.6 Å². The predicted octanol–water partition coefficient (Wildman–Crippen LogP) is 0.764. The van der Waals surface area contributed by atoms with Gasteiger partial charge in [-0.1, -0.05) is 0 Å². The fraction of sp³-hybridized carbons (Fsp3) is 0.333. The van der Waals surface area contributed by atoms with Crippen molar-refractivity contribution >= 4 is 5.95 Å². The highest BCUT2D eigenvalue weighted by Gasteiger charge is 2.21. The third-order valence-electron chi connectivity index (χ3n) is 3.88. The van der Waals surface area contributed by atoms with Gasteiger partial charge in [0.25, 0.3) is 5.56 Å². The fourth-order valence-electron chi connectivity index (χ4n) is 2.77. The van der Waals surface area contributed by atoms with Crippen LogP contribution in [-0.2, 0) is 19.5 Å². The highest BCUT2D eigenvalue weighted by Crippen LogP contribution is 2.31. The topological polar surface area (TPSA) is 104 Å². The Morgan fingerprint density at radius 2 is 2.30 bits per heavy atom. The van der Waals surface area contributed by atoms with E-state index < -0.39 is 11.6 Å².